The molecule has 0 aliphatic rings. The highest BCUT2D eigenvalue weighted by Gasteiger charge is 2.14. The van der Waals surface area contributed by atoms with E-state index in [9.17, 15) is 4.79 Å². The fraction of sp³-hybridized carbons (Fsp3) is 0.150. The molecule has 0 saturated heterocycles. The Bertz CT molecular complexity index is 866. The van der Waals surface area contributed by atoms with E-state index < -0.39 is 0 Å². The predicted octanol–water partition coefficient (Wildman–Crippen LogP) is 3.37. The largest absolute Gasteiger partial charge is 0.481 e. The van der Waals surface area contributed by atoms with Crippen molar-refractivity contribution in [3.05, 3.63) is 78.1 Å². The second kappa shape index (κ2) is 8.11. The van der Waals surface area contributed by atoms with E-state index >= 15 is 0 Å². The van der Waals surface area contributed by atoms with E-state index in [4.69, 9.17) is 4.74 Å². The molecule has 0 atom stereocenters. The van der Waals surface area contributed by atoms with Gasteiger partial charge in [0.05, 0.1) is 7.11 Å². The smallest absolute Gasteiger partial charge is 0.258 e. The van der Waals surface area contributed by atoms with Crippen LogP contribution in [0.15, 0.2) is 67.0 Å². The Morgan fingerprint density at radius 2 is 1.92 bits per heavy atom. The molecular formula is C20H20N4O2. The first-order valence-electron chi connectivity index (χ1n) is 8.19. The fourth-order valence-corrected chi connectivity index (χ4v) is 2.45. The number of carbonyl (C=O) groups excluding carboxylic acids is 1. The van der Waals surface area contributed by atoms with E-state index in [-0.39, 0.29) is 5.91 Å². The summed E-state index contributed by atoms with van der Waals surface area (Å²) in [6, 6.07) is 16.7. The van der Waals surface area contributed by atoms with Crippen LogP contribution in [0.4, 0.5) is 11.5 Å². The highest BCUT2D eigenvalue weighted by Crippen LogP contribution is 2.16. The molecule has 6 heteroatoms. The van der Waals surface area contributed by atoms with Gasteiger partial charge in [-0.25, -0.2) is 9.97 Å². The van der Waals surface area contributed by atoms with Crippen LogP contribution in [0.1, 0.15) is 15.9 Å². The van der Waals surface area contributed by atoms with Gasteiger partial charge in [-0.05, 0) is 29.8 Å². The second-order valence-electron chi connectivity index (χ2n) is 5.69. The summed E-state index contributed by atoms with van der Waals surface area (Å²) in [5.41, 5.74) is 2.40. The highest BCUT2D eigenvalue weighted by atomic mass is 16.5. The zero-order valence-corrected chi connectivity index (χ0v) is 14.7. The van der Waals surface area contributed by atoms with Gasteiger partial charge in [0.1, 0.15) is 5.82 Å². The molecule has 1 N–H and O–H groups in total. The molecular weight excluding hydrogens is 328 g/mol. The zero-order chi connectivity index (χ0) is 18.4. The molecule has 26 heavy (non-hydrogen) atoms. The van der Waals surface area contributed by atoms with Gasteiger partial charge < -0.3 is 15.0 Å². The third-order valence-electron chi connectivity index (χ3n) is 3.94. The van der Waals surface area contributed by atoms with E-state index in [1.54, 1.807) is 49.7 Å². The van der Waals surface area contributed by atoms with Crippen LogP contribution in [0.5, 0.6) is 5.88 Å². The van der Waals surface area contributed by atoms with Crippen molar-refractivity contribution >= 4 is 17.4 Å². The number of methoxy groups -OCH3 is 1. The molecule has 6 nitrogen and oxygen atoms in total. The molecule has 3 aromatic rings. The number of hydrogen-bond acceptors (Lipinski definition) is 5. The van der Waals surface area contributed by atoms with Crippen LogP contribution >= 0.6 is 0 Å². The van der Waals surface area contributed by atoms with Crippen LogP contribution in [0.25, 0.3) is 0 Å². The molecule has 0 fully saturated rings. The average Bonchev–Trinajstić information content (AvgIpc) is 2.72. The number of para-hydroxylation sites is 1. The van der Waals surface area contributed by atoms with Crippen LogP contribution in [-0.4, -0.2) is 30.0 Å². The monoisotopic (exact) mass is 348 g/mol. The number of ether oxygens (including phenoxy) is 1. The zero-order valence-electron chi connectivity index (χ0n) is 14.7. The number of hydrogen-bond donors (Lipinski definition) is 1. The quantitative estimate of drug-likeness (QED) is 0.740. The minimum atomic E-state index is -0.0900. The van der Waals surface area contributed by atoms with Gasteiger partial charge in [0.25, 0.3) is 5.91 Å². The third kappa shape index (κ3) is 4.16. The lowest BCUT2D eigenvalue weighted by Crippen LogP contribution is -2.26. The average molecular weight is 348 g/mol. The molecule has 3 rings (SSSR count). The van der Waals surface area contributed by atoms with Gasteiger partial charge in [0, 0.05) is 43.3 Å². The van der Waals surface area contributed by atoms with Crippen molar-refractivity contribution in [3.63, 3.8) is 0 Å². The molecule has 0 bridgehead atoms. The Labute approximate surface area is 152 Å². The summed E-state index contributed by atoms with van der Waals surface area (Å²) in [5, 5.41) is 3.21. The first kappa shape index (κ1) is 17.4. The number of nitrogens with zero attached hydrogens (tertiary/aromatic N) is 3. The molecule has 2 heterocycles. The molecule has 1 amide bonds. The third-order valence-corrected chi connectivity index (χ3v) is 3.94. The predicted molar refractivity (Wildman–Crippen MR) is 102 cm³/mol. The summed E-state index contributed by atoms with van der Waals surface area (Å²) in [5.74, 6) is 1.12. The number of aromatic nitrogens is 2. The van der Waals surface area contributed by atoms with Crippen molar-refractivity contribution < 1.29 is 9.53 Å². The SMILES string of the molecule is COc1ccc(CNc2cc(C(=O)N(C)c3ccccc3)ccn2)cn1. The van der Waals surface area contributed by atoms with Crippen molar-refractivity contribution in [2.24, 2.45) is 0 Å². The minimum Gasteiger partial charge on any atom is -0.481 e. The molecule has 132 valence electrons. The normalized spacial score (nSPS) is 10.2. The van der Waals surface area contributed by atoms with Crippen LogP contribution in [0.2, 0.25) is 0 Å². The summed E-state index contributed by atoms with van der Waals surface area (Å²) >= 11 is 0. The maximum Gasteiger partial charge on any atom is 0.258 e. The van der Waals surface area contributed by atoms with Crippen molar-refractivity contribution in [2.75, 3.05) is 24.4 Å². The number of benzene rings is 1. The maximum absolute atomic E-state index is 12.7. The standard InChI is InChI=1S/C20H20N4O2/c1-24(17-6-4-3-5-7-17)20(25)16-10-11-21-18(12-16)22-13-15-8-9-19(26-2)23-14-15/h3-12,14H,13H2,1-2H3,(H,21,22). The number of anilines is 2. The fourth-order valence-electron chi connectivity index (χ4n) is 2.45. The van der Waals surface area contributed by atoms with Crippen LogP contribution < -0.4 is 15.0 Å². The Morgan fingerprint density at radius 3 is 2.62 bits per heavy atom. The molecule has 0 spiro atoms. The van der Waals surface area contributed by atoms with E-state index in [1.807, 2.05) is 36.4 Å². The van der Waals surface area contributed by atoms with Crippen LogP contribution in [0, 0.1) is 0 Å². The first-order chi connectivity index (χ1) is 12.7. The number of nitrogens with one attached hydrogen (secondary N) is 1. The van der Waals surface area contributed by atoms with Gasteiger partial charge in [-0.15, -0.1) is 0 Å². The lowest BCUT2D eigenvalue weighted by atomic mass is 10.2. The number of carbonyl (C=O) groups is 1. The Kier molecular flexibility index (Phi) is 5.43. The lowest BCUT2D eigenvalue weighted by molar-refractivity contribution is 0.0993. The van der Waals surface area contributed by atoms with Gasteiger partial charge >= 0.3 is 0 Å². The van der Waals surface area contributed by atoms with Gasteiger partial charge in [0.2, 0.25) is 5.88 Å². The number of rotatable bonds is 6. The summed E-state index contributed by atoms with van der Waals surface area (Å²) < 4.78 is 5.05. The van der Waals surface area contributed by atoms with Gasteiger partial charge in [0.15, 0.2) is 0 Å². The molecule has 0 saturated carbocycles. The summed E-state index contributed by atoms with van der Waals surface area (Å²) in [7, 11) is 3.34. The summed E-state index contributed by atoms with van der Waals surface area (Å²) in [6.07, 6.45) is 3.37. The molecule has 0 aliphatic heterocycles. The van der Waals surface area contributed by atoms with Crippen LogP contribution in [-0.2, 0) is 6.54 Å². The van der Waals surface area contributed by atoms with E-state index in [1.165, 1.54) is 0 Å². The van der Waals surface area contributed by atoms with Crippen molar-refractivity contribution in [1.29, 1.82) is 0 Å². The Balaban J connectivity index is 1.68. The summed E-state index contributed by atoms with van der Waals surface area (Å²) in [6.45, 7) is 0.552. The Hall–Kier alpha value is -3.41. The van der Waals surface area contributed by atoms with Crippen molar-refractivity contribution in [2.45, 2.75) is 6.54 Å². The van der Waals surface area contributed by atoms with E-state index in [0.29, 0.717) is 23.8 Å². The second-order valence-corrected chi connectivity index (χ2v) is 5.69. The van der Waals surface area contributed by atoms with Gasteiger partial charge in [-0.3, -0.25) is 4.79 Å². The molecule has 0 radical (unpaired) electrons. The maximum atomic E-state index is 12.7. The van der Waals surface area contributed by atoms with Crippen LogP contribution in [0.3, 0.4) is 0 Å². The van der Waals surface area contributed by atoms with Crippen molar-refractivity contribution in [1.82, 2.24) is 9.97 Å². The molecule has 1 aromatic carbocycles. The lowest BCUT2D eigenvalue weighted by Gasteiger charge is -2.17. The highest BCUT2D eigenvalue weighted by molar-refractivity contribution is 6.06. The summed E-state index contributed by atoms with van der Waals surface area (Å²) in [4.78, 5) is 22.8. The van der Waals surface area contributed by atoms with Gasteiger partial charge in [-0.2, -0.15) is 0 Å². The molecule has 2 aromatic heterocycles. The molecule has 0 aliphatic carbocycles. The van der Waals surface area contributed by atoms with Gasteiger partial charge in [-0.1, -0.05) is 24.3 Å². The first-order valence-corrected chi connectivity index (χ1v) is 8.19. The Morgan fingerprint density at radius 1 is 1.12 bits per heavy atom. The minimum absolute atomic E-state index is 0.0900. The number of pyridine rings is 2. The van der Waals surface area contributed by atoms with Crippen molar-refractivity contribution in [3.8, 4) is 5.88 Å². The topological polar surface area (TPSA) is 67.3 Å². The molecule has 0 unspecified atom stereocenters. The van der Waals surface area contributed by atoms with E-state index in [0.717, 1.165) is 11.3 Å². The van der Waals surface area contributed by atoms with E-state index in [2.05, 4.69) is 15.3 Å². The number of amides is 1.